The zero-order valence-corrected chi connectivity index (χ0v) is 17.2. The quantitative estimate of drug-likeness (QED) is 0.433. The standard InChI is InChI=1S/C25H27N3/c1-16(2)20-11-13-22(14-12-20)28-17(3)15-23(19(28)5)25-26-18(4)24(27-25)21-9-7-6-8-10-21/h6-16H,1-5H3,(H,26,27). The molecule has 0 radical (unpaired) electrons. The SMILES string of the molecule is Cc1[nH]c(-c2cc(C)n(-c3ccc(C(C)C)cc3)c2C)nc1-c1ccccc1. The summed E-state index contributed by atoms with van der Waals surface area (Å²) in [6.07, 6.45) is 0. The smallest absolute Gasteiger partial charge is 0.140 e. The number of aromatic amines is 1. The maximum atomic E-state index is 4.93. The van der Waals surface area contributed by atoms with Crippen LogP contribution >= 0.6 is 0 Å². The predicted molar refractivity (Wildman–Crippen MR) is 117 cm³/mol. The average Bonchev–Trinajstić information content (AvgIpc) is 3.22. The Morgan fingerprint density at radius 3 is 2.21 bits per heavy atom. The molecule has 0 aliphatic heterocycles. The molecule has 0 spiro atoms. The molecule has 142 valence electrons. The van der Waals surface area contributed by atoms with Crippen LogP contribution in [0.4, 0.5) is 0 Å². The van der Waals surface area contributed by atoms with E-state index in [9.17, 15) is 0 Å². The van der Waals surface area contributed by atoms with E-state index < -0.39 is 0 Å². The molecule has 1 N–H and O–H groups in total. The van der Waals surface area contributed by atoms with Gasteiger partial charge in [0.15, 0.2) is 0 Å². The van der Waals surface area contributed by atoms with E-state index >= 15 is 0 Å². The minimum Gasteiger partial charge on any atom is -0.341 e. The van der Waals surface area contributed by atoms with E-state index in [2.05, 4.69) is 98.8 Å². The van der Waals surface area contributed by atoms with E-state index in [0.717, 1.165) is 28.3 Å². The molecule has 28 heavy (non-hydrogen) atoms. The number of nitrogens with one attached hydrogen (secondary N) is 1. The second-order valence-electron chi connectivity index (χ2n) is 7.79. The first-order valence-electron chi connectivity index (χ1n) is 9.87. The molecule has 2 aromatic carbocycles. The average molecular weight is 370 g/mol. The third-order valence-electron chi connectivity index (χ3n) is 5.44. The van der Waals surface area contributed by atoms with Crippen LogP contribution in [0.3, 0.4) is 0 Å². The fourth-order valence-electron chi connectivity index (χ4n) is 3.87. The Labute approximate surface area is 167 Å². The Bertz CT molecular complexity index is 1100. The van der Waals surface area contributed by atoms with Crippen LogP contribution < -0.4 is 0 Å². The number of hydrogen-bond acceptors (Lipinski definition) is 1. The van der Waals surface area contributed by atoms with Crippen molar-refractivity contribution in [3.05, 3.63) is 83.3 Å². The molecular weight excluding hydrogens is 342 g/mol. The number of H-pyrrole nitrogens is 1. The van der Waals surface area contributed by atoms with Crippen molar-refractivity contribution in [2.45, 2.75) is 40.5 Å². The Kier molecular flexibility index (Phi) is 4.68. The van der Waals surface area contributed by atoms with Crippen molar-refractivity contribution in [3.63, 3.8) is 0 Å². The summed E-state index contributed by atoms with van der Waals surface area (Å²) < 4.78 is 2.31. The van der Waals surface area contributed by atoms with Crippen LogP contribution in [0.1, 0.15) is 42.4 Å². The molecular formula is C25H27N3. The monoisotopic (exact) mass is 369 g/mol. The largest absolute Gasteiger partial charge is 0.341 e. The number of aryl methyl sites for hydroxylation is 2. The summed E-state index contributed by atoms with van der Waals surface area (Å²) in [6.45, 7) is 10.9. The zero-order chi connectivity index (χ0) is 19.8. The molecule has 0 saturated heterocycles. The van der Waals surface area contributed by atoms with Crippen LogP contribution in [0.15, 0.2) is 60.7 Å². The van der Waals surface area contributed by atoms with Crippen LogP contribution in [0.5, 0.6) is 0 Å². The molecule has 3 nitrogen and oxygen atoms in total. The van der Waals surface area contributed by atoms with Crippen molar-refractivity contribution >= 4 is 0 Å². The minimum absolute atomic E-state index is 0.541. The van der Waals surface area contributed by atoms with Gasteiger partial charge in [0.05, 0.1) is 5.69 Å². The van der Waals surface area contributed by atoms with Gasteiger partial charge in [0.2, 0.25) is 0 Å². The minimum atomic E-state index is 0.541. The van der Waals surface area contributed by atoms with Gasteiger partial charge in [-0.2, -0.15) is 0 Å². The number of aromatic nitrogens is 3. The highest BCUT2D eigenvalue weighted by Crippen LogP contribution is 2.31. The topological polar surface area (TPSA) is 33.6 Å². The van der Waals surface area contributed by atoms with Gasteiger partial charge in [-0.1, -0.05) is 56.3 Å². The Balaban J connectivity index is 1.76. The first-order valence-corrected chi connectivity index (χ1v) is 9.87. The van der Waals surface area contributed by atoms with Gasteiger partial charge in [-0.25, -0.2) is 4.98 Å². The highest BCUT2D eigenvalue weighted by Gasteiger charge is 2.17. The first kappa shape index (κ1) is 18.3. The maximum Gasteiger partial charge on any atom is 0.140 e. The van der Waals surface area contributed by atoms with Crippen molar-refractivity contribution in [2.24, 2.45) is 0 Å². The molecule has 0 unspecified atom stereocenters. The lowest BCUT2D eigenvalue weighted by atomic mass is 10.0. The molecule has 0 aliphatic rings. The molecule has 4 rings (SSSR count). The summed E-state index contributed by atoms with van der Waals surface area (Å²) >= 11 is 0. The van der Waals surface area contributed by atoms with E-state index in [4.69, 9.17) is 4.98 Å². The van der Waals surface area contributed by atoms with E-state index in [1.807, 2.05) is 6.07 Å². The van der Waals surface area contributed by atoms with Gasteiger partial charge in [-0.3, -0.25) is 0 Å². The number of benzene rings is 2. The fraction of sp³-hybridized carbons (Fsp3) is 0.240. The van der Waals surface area contributed by atoms with Gasteiger partial charge in [-0.05, 0) is 50.5 Å². The first-order chi connectivity index (χ1) is 13.5. The molecule has 2 heterocycles. The predicted octanol–water partition coefficient (Wildman–Crippen LogP) is 6.58. The molecule has 0 saturated carbocycles. The molecule has 0 atom stereocenters. The van der Waals surface area contributed by atoms with Crippen molar-refractivity contribution in [1.82, 2.24) is 14.5 Å². The van der Waals surface area contributed by atoms with Gasteiger partial charge in [0.1, 0.15) is 5.82 Å². The van der Waals surface area contributed by atoms with Crippen molar-refractivity contribution in [3.8, 4) is 28.3 Å². The van der Waals surface area contributed by atoms with Crippen LogP contribution in [-0.2, 0) is 0 Å². The summed E-state index contributed by atoms with van der Waals surface area (Å²) in [4.78, 5) is 8.42. The highest BCUT2D eigenvalue weighted by atomic mass is 15.0. The van der Waals surface area contributed by atoms with Gasteiger partial charge in [0.25, 0.3) is 0 Å². The number of nitrogens with zero attached hydrogens (tertiary/aromatic N) is 2. The van der Waals surface area contributed by atoms with Crippen LogP contribution in [0.25, 0.3) is 28.3 Å². The molecule has 0 bridgehead atoms. The summed E-state index contributed by atoms with van der Waals surface area (Å²) in [6, 6.07) is 21.4. The highest BCUT2D eigenvalue weighted by molar-refractivity contribution is 5.69. The third-order valence-corrected chi connectivity index (χ3v) is 5.44. The van der Waals surface area contributed by atoms with Crippen molar-refractivity contribution < 1.29 is 0 Å². The number of imidazole rings is 1. The molecule has 0 fully saturated rings. The van der Waals surface area contributed by atoms with Gasteiger partial charge in [0, 0.05) is 33.9 Å². The second-order valence-corrected chi connectivity index (χ2v) is 7.79. The maximum absolute atomic E-state index is 4.93. The molecule has 0 aliphatic carbocycles. The van der Waals surface area contributed by atoms with Crippen LogP contribution in [-0.4, -0.2) is 14.5 Å². The lowest BCUT2D eigenvalue weighted by Crippen LogP contribution is -2.00. The van der Waals surface area contributed by atoms with Gasteiger partial charge in [-0.15, -0.1) is 0 Å². The van der Waals surface area contributed by atoms with Crippen molar-refractivity contribution in [2.75, 3.05) is 0 Å². The summed E-state index contributed by atoms with van der Waals surface area (Å²) in [7, 11) is 0. The van der Waals surface area contributed by atoms with Crippen LogP contribution in [0.2, 0.25) is 0 Å². The molecule has 3 heteroatoms. The number of hydrogen-bond donors (Lipinski definition) is 1. The van der Waals surface area contributed by atoms with Gasteiger partial charge < -0.3 is 9.55 Å². The van der Waals surface area contributed by atoms with Crippen LogP contribution in [0, 0.1) is 20.8 Å². The lowest BCUT2D eigenvalue weighted by Gasteiger charge is -2.12. The molecule has 4 aromatic rings. The number of rotatable bonds is 4. The Morgan fingerprint density at radius 1 is 0.893 bits per heavy atom. The summed E-state index contributed by atoms with van der Waals surface area (Å²) in [5, 5.41) is 0. The fourth-order valence-corrected chi connectivity index (χ4v) is 3.87. The van der Waals surface area contributed by atoms with Gasteiger partial charge >= 0.3 is 0 Å². The lowest BCUT2D eigenvalue weighted by molar-refractivity contribution is 0.863. The third kappa shape index (κ3) is 3.18. The van der Waals surface area contributed by atoms with Crippen molar-refractivity contribution in [1.29, 1.82) is 0 Å². The summed E-state index contributed by atoms with van der Waals surface area (Å²) in [5.41, 5.74) is 9.35. The normalized spacial score (nSPS) is 11.4. The van der Waals surface area contributed by atoms with E-state index in [1.165, 1.54) is 22.6 Å². The Morgan fingerprint density at radius 2 is 1.57 bits per heavy atom. The van der Waals surface area contributed by atoms with E-state index in [0.29, 0.717) is 5.92 Å². The zero-order valence-electron chi connectivity index (χ0n) is 17.2. The second kappa shape index (κ2) is 7.16. The van der Waals surface area contributed by atoms with E-state index in [-0.39, 0.29) is 0 Å². The van der Waals surface area contributed by atoms with E-state index in [1.54, 1.807) is 0 Å². The Hall–Kier alpha value is -3.07. The molecule has 0 amide bonds. The molecule has 2 aromatic heterocycles. The summed E-state index contributed by atoms with van der Waals surface area (Å²) in [5.74, 6) is 1.47.